The van der Waals surface area contributed by atoms with Gasteiger partial charge in [0.05, 0.1) is 12.6 Å². The maximum atomic E-state index is 12.1. The fraction of sp³-hybridized carbons (Fsp3) is 0.818. The molecular formula is C11H21N3O3. The Morgan fingerprint density at radius 2 is 2.18 bits per heavy atom. The summed E-state index contributed by atoms with van der Waals surface area (Å²) in [7, 11) is 1.60. The topological polar surface area (TPSA) is 96.9 Å². The summed E-state index contributed by atoms with van der Waals surface area (Å²) in [5.41, 5.74) is 4.75. The van der Waals surface area contributed by atoms with Gasteiger partial charge < -0.3 is 21.0 Å². The van der Waals surface area contributed by atoms with E-state index >= 15 is 0 Å². The lowest BCUT2D eigenvalue weighted by Gasteiger charge is -2.24. The average molecular weight is 243 g/mol. The molecule has 0 aromatic heterocycles. The average Bonchev–Trinajstić information content (AvgIpc) is 3.08. The molecule has 0 saturated heterocycles. The van der Waals surface area contributed by atoms with Crippen LogP contribution in [0.25, 0.3) is 0 Å². The monoisotopic (exact) mass is 243 g/mol. The third kappa shape index (κ3) is 2.88. The number of nitrogens with two attached hydrogens (primary N) is 1. The summed E-state index contributed by atoms with van der Waals surface area (Å²) >= 11 is 0. The van der Waals surface area contributed by atoms with Gasteiger partial charge in [-0.2, -0.15) is 0 Å². The molecule has 0 spiro atoms. The first-order chi connectivity index (χ1) is 7.97. The minimum Gasteiger partial charge on any atom is -0.409 e. The molecule has 0 aromatic carbocycles. The van der Waals surface area contributed by atoms with E-state index in [0.29, 0.717) is 19.4 Å². The number of oxime groups is 1. The second-order valence-electron chi connectivity index (χ2n) is 4.85. The second-order valence-corrected chi connectivity index (χ2v) is 4.85. The van der Waals surface area contributed by atoms with E-state index in [0.717, 1.165) is 0 Å². The van der Waals surface area contributed by atoms with Crippen LogP contribution in [-0.4, -0.2) is 36.7 Å². The highest BCUT2D eigenvalue weighted by Crippen LogP contribution is 2.46. The predicted octanol–water partition coefficient (Wildman–Crippen LogP) is 0.300. The lowest BCUT2D eigenvalue weighted by molar-refractivity contribution is -0.125. The van der Waals surface area contributed by atoms with Crippen molar-refractivity contribution in [2.45, 2.75) is 32.7 Å². The van der Waals surface area contributed by atoms with E-state index in [1.165, 1.54) is 0 Å². The summed E-state index contributed by atoms with van der Waals surface area (Å²) in [6.07, 6.45) is 1.26. The highest BCUT2D eigenvalue weighted by Gasteiger charge is 2.54. The van der Waals surface area contributed by atoms with Crippen LogP contribution in [0.5, 0.6) is 0 Å². The Kier molecular flexibility index (Phi) is 4.34. The molecule has 1 unspecified atom stereocenters. The number of hydrogen-bond acceptors (Lipinski definition) is 4. The van der Waals surface area contributed by atoms with Crippen LogP contribution in [0.4, 0.5) is 0 Å². The van der Waals surface area contributed by atoms with Gasteiger partial charge in [-0.1, -0.05) is 19.0 Å². The zero-order chi connectivity index (χ0) is 13.1. The first-order valence-electron chi connectivity index (χ1n) is 5.76. The first-order valence-corrected chi connectivity index (χ1v) is 5.76. The summed E-state index contributed by atoms with van der Waals surface area (Å²) < 4.78 is 5.06. The molecular weight excluding hydrogens is 222 g/mol. The zero-order valence-corrected chi connectivity index (χ0v) is 10.6. The molecule has 1 saturated carbocycles. The van der Waals surface area contributed by atoms with Gasteiger partial charge in [0.15, 0.2) is 5.84 Å². The van der Waals surface area contributed by atoms with Crippen LogP contribution in [0.1, 0.15) is 26.7 Å². The van der Waals surface area contributed by atoms with E-state index < -0.39 is 5.41 Å². The molecule has 0 radical (unpaired) electrons. The number of ether oxygens (including phenoxy) is 1. The van der Waals surface area contributed by atoms with Crippen LogP contribution >= 0.6 is 0 Å². The smallest absolute Gasteiger partial charge is 0.234 e. The van der Waals surface area contributed by atoms with Gasteiger partial charge >= 0.3 is 0 Å². The Hall–Kier alpha value is -1.30. The van der Waals surface area contributed by atoms with Crippen LogP contribution in [0.15, 0.2) is 5.16 Å². The number of rotatable bonds is 6. The van der Waals surface area contributed by atoms with Crippen molar-refractivity contribution in [1.29, 1.82) is 0 Å². The number of nitrogens with zero attached hydrogens (tertiary/aromatic N) is 1. The molecule has 0 aliphatic heterocycles. The van der Waals surface area contributed by atoms with Crippen LogP contribution in [0.2, 0.25) is 0 Å². The lowest BCUT2D eigenvalue weighted by Crippen LogP contribution is -2.48. The molecule has 0 aromatic rings. The van der Waals surface area contributed by atoms with Crippen molar-refractivity contribution in [3.8, 4) is 0 Å². The Morgan fingerprint density at radius 3 is 2.53 bits per heavy atom. The molecule has 0 bridgehead atoms. The van der Waals surface area contributed by atoms with Crippen molar-refractivity contribution >= 4 is 11.7 Å². The predicted molar refractivity (Wildman–Crippen MR) is 63.7 cm³/mol. The SMILES string of the molecule is COCC(NC(=O)C1(C(N)=NO)CC1)C(C)C. The number of methoxy groups -OCH3 is 1. The zero-order valence-electron chi connectivity index (χ0n) is 10.6. The molecule has 1 aliphatic rings. The van der Waals surface area contributed by atoms with Crippen molar-refractivity contribution in [2.75, 3.05) is 13.7 Å². The van der Waals surface area contributed by atoms with Gasteiger partial charge in [0.2, 0.25) is 5.91 Å². The Bertz CT molecular complexity index is 311. The van der Waals surface area contributed by atoms with Crippen molar-refractivity contribution in [2.24, 2.45) is 22.2 Å². The largest absolute Gasteiger partial charge is 0.409 e. The lowest BCUT2D eigenvalue weighted by atomic mass is 10.0. The normalized spacial score (nSPS) is 20.1. The van der Waals surface area contributed by atoms with Gasteiger partial charge in [-0.15, -0.1) is 0 Å². The molecule has 98 valence electrons. The van der Waals surface area contributed by atoms with Crippen molar-refractivity contribution in [3.63, 3.8) is 0 Å². The van der Waals surface area contributed by atoms with Gasteiger partial charge in [0, 0.05) is 7.11 Å². The maximum Gasteiger partial charge on any atom is 0.234 e. The van der Waals surface area contributed by atoms with Crippen LogP contribution < -0.4 is 11.1 Å². The summed E-state index contributed by atoms with van der Waals surface area (Å²) in [6.45, 7) is 4.47. The quantitative estimate of drug-likeness (QED) is 0.270. The van der Waals surface area contributed by atoms with E-state index in [4.69, 9.17) is 15.7 Å². The molecule has 1 atom stereocenters. The summed E-state index contributed by atoms with van der Waals surface area (Å²) in [5.74, 6) is 0.0838. The number of amidine groups is 1. The minimum absolute atomic E-state index is 0.00470. The number of carbonyl (C=O) groups excluding carboxylic acids is 1. The van der Waals surface area contributed by atoms with E-state index in [1.54, 1.807) is 7.11 Å². The molecule has 17 heavy (non-hydrogen) atoms. The highest BCUT2D eigenvalue weighted by atomic mass is 16.5. The molecule has 6 heteroatoms. The third-order valence-corrected chi connectivity index (χ3v) is 3.25. The maximum absolute atomic E-state index is 12.1. The van der Waals surface area contributed by atoms with E-state index in [-0.39, 0.29) is 23.7 Å². The van der Waals surface area contributed by atoms with Gasteiger partial charge in [0.25, 0.3) is 0 Å². The first kappa shape index (κ1) is 13.8. The molecule has 1 fully saturated rings. The molecule has 1 aliphatic carbocycles. The second kappa shape index (κ2) is 5.35. The van der Waals surface area contributed by atoms with Gasteiger partial charge in [-0.25, -0.2) is 0 Å². The molecule has 1 rings (SSSR count). The van der Waals surface area contributed by atoms with Crippen LogP contribution in [-0.2, 0) is 9.53 Å². The fourth-order valence-electron chi connectivity index (χ4n) is 1.71. The summed E-state index contributed by atoms with van der Waals surface area (Å²) in [6, 6.07) is -0.0588. The standard InChI is InChI=1S/C11H21N3O3/c1-7(2)8(6-17-3)13-10(15)11(4-5-11)9(12)14-16/h7-8,16H,4-6H2,1-3H3,(H2,12,14)(H,13,15). The number of nitrogens with one attached hydrogen (secondary N) is 1. The fourth-order valence-corrected chi connectivity index (χ4v) is 1.71. The van der Waals surface area contributed by atoms with Crippen molar-refractivity contribution in [3.05, 3.63) is 0 Å². The molecule has 6 nitrogen and oxygen atoms in total. The Balaban J connectivity index is 2.65. The number of hydrogen-bond donors (Lipinski definition) is 3. The number of amides is 1. The van der Waals surface area contributed by atoms with Crippen LogP contribution in [0.3, 0.4) is 0 Å². The van der Waals surface area contributed by atoms with Gasteiger partial charge in [-0.3, -0.25) is 4.79 Å². The Labute approximate surface area is 101 Å². The van der Waals surface area contributed by atoms with Gasteiger partial charge in [0.1, 0.15) is 5.41 Å². The van der Waals surface area contributed by atoms with Crippen molar-refractivity contribution < 1.29 is 14.7 Å². The van der Waals surface area contributed by atoms with E-state index in [9.17, 15) is 4.79 Å². The molecule has 0 heterocycles. The molecule has 1 amide bonds. The minimum atomic E-state index is -0.796. The van der Waals surface area contributed by atoms with Gasteiger partial charge in [-0.05, 0) is 18.8 Å². The summed E-state index contributed by atoms with van der Waals surface area (Å²) in [5, 5.41) is 14.5. The highest BCUT2D eigenvalue weighted by molar-refractivity contribution is 6.09. The number of carbonyl (C=O) groups is 1. The van der Waals surface area contributed by atoms with E-state index in [2.05, 4.69) is 10.5 Å². The Morgan fingerprint density at radius 1 is 1.59 bits per heavy atom. The van der Waals surface area contributed by atoms with Crippen molar-refractivity contribution in [1.82, 2.24) is 5.32 Å². The third-order valence-electron chi connectivity index (χ3n) is 3.25. The van der Waals surface area contributed by atoms with Crippen LogP contribution in [0, 0.1) is 11.3 Å². The molecule has 4 N–H and O–H groups in total. The summed E-state index contributed by atoms with van der Waals surface area (Å²) in [4.78, 5) is 12.1. The van der Waals surface area contributed by atoms with E-state index in [1.807, 2.05) is 13.8 Å².